The number of likely N-dealkylation sites (tertiary alicyclic amines) is 1. The summed E-state index contributed by atoms with van der Waals surface area (Å²) in [6.45, 7) is 8.22. The Hall–Kier alpha value is -4.28. The first-order valence-electron chi connectivity index (χ1n) is 13.2. The highest BCUT2D eigenvalue weighted by Gasteiger charge is 2.35. The van der Waals surface area contributed by atoms with E-state index in [1.54, 1.807) is 25.1 Å². The van der Waals surface area contributed by atoms with Crippen LogP contribution in [-0.4, -0.2) is 59.7 Å². The molecule has 0 spiro atoms. The van der Waals surface area contributed by atoms with Crippen molar-refractivity contribution in [3.05, 3.63) is 67.9 Å². The maximum absolute atomic E-state index is 12.7. The Balaban J connectivity index is 1.57. The summed E-state index contributed by atoms with van der Waals surface area (Å²) in [5, 5.41) is 16.8. The lowest BCUT2D eigenvalue weighted by Crippen LogP contribution is -2.44. The van der Waals surface area contributed by atoms with Crippen molar-refractivity contribution in [1.29, 1.82) is 0 Å². The number of hydrogen-bond acceptors (Lipinski definition) is 9. The van der Waals surface area contributed by atoms with Gasteiger partial charge in [0.15, 0.2) is 5.75 Å². The molecule has 0 radical (unpaired) electrons. The van der Waals surface area contributed by atoms with E-state index in [-0.39, 0.29) is 40.4 Å². The largest absolute Gasteiger partial charge is 0.505 e. The summed E-state index contributed by atoms with van der Waals surface area (Å²) >= 11 is 0. The van der Waals surface area contributed by atoms with Crippen LogP contribution in [-0.2, 0) is 4.74 Å². The number of aryl methyl sites for hydroxylation is 1. The Labute approximate surface area is 232 Å². The van der Waals surface area contributed by atoms with E-state index in [4.69, 9.17) is 9.15 Å². The SMILES string of the molecule is Cc1ccc(C(Nc2c(Nc3cccc(C(=O)N(C)C)c3O)c(=O)c2=O)C2CCN(C(=O)OC(C)(C)C)CC2)o1. The molecular weight excluding hydrogens is 516 g/mol. The summed E-state index contributed by atoms with van der Waals surface area (Å²) in [7, 11) is 3.13. The van der Waals surface area contributed by atoms with Gasteiger partial charge in [0, 0.05) is 27.2 Å². The molecule has 3 N–H and O–H groups in total. The van der Waals surface area contributed by atoms with Crippen molar-refractivity contribution in [2.75, 3.05) is 37.8 Å². The quantitative estimate of drug-likeness (QED) is 0.291. The molecule has 11 heteroatoms. The van der Waals surface area contributed by atoms with E-state index in [1.165, 1.54) is 17.0 Å². The number of benzene rings is 1. The predicted molar refractivity (Wildman–Crippen MR) is 151 cm³/mol. The molecule has 1 unspecified atom stereocenters. The summed E-state index contributed by atoms with van der Waals surface area (Å²) in [5.41, 5.74) is -1.77. The molecule has 4 rings (SSSR count). The molecule has 2 aromatic carbocycles. The van der Waals surface area contributed by atoms with Crippen molar-refractivity contribution in [3.63, 3.8) is 0 Å². The summed E-state index contributed by atoms with van der Waals surface area (Å²) in [6, 6.07) is 7.77. The Kier molecular flexibility index (Phi) is 7.95. The number of amides is 2. The van der Waals surface area contributed by atoms with E-state index >= 15 is 0 Å². The standard InChI is InChI=1S/C29H36N4O7/c1-16-10-11-20(39-16)21(17-12-14-33(15-13-17)28(38)40-29(2,3)4)31-23-22(25(35)26(23)36)30-19-9-7-8-18(24(19)34)27(37)32(5)6/h7-11,17,21,30-31,34H,12-15H2,1-6H3. The molecule has 11 nitrogen and oxygen atoms in total. The first-order valence-corrected chi connectivity index (χ1v) is 13.2. The van der Waals surface area contributed by atoms with Gasteiger partial charge in [-0.15, -0.1) is 0 Å². The van der Waals surface area contributed by atoms with Gasteiger partial charge < -0.3 is 34.7 Å². The summed E-state index contributed by atoms with van der Waals surface area (Å²) in [5.74, 6) is 0.552. The third-order valence-corrected chi connectivity index (χ3v) is 6.87. The lowest BCUT2D eigenvalue weighted by atomic mass is 9.87. The van der Waals surface area contributed by atoms with Gasteiger partial charge >= 0.3 is 6.09 Å². The molecule has 2 heterocycles. The molecule has 1 atom stereocenters. The number of phenols is 1. The Morgan fingerprint density at radius 2 is 1.73 bits per heavy atom. The summed E-state index contributed by atoms with van der Waals surface area (Å²) in [4.78, 5) is 53.3. The molecule has 3 aromatic rings. The number of para-hydroxylation sites is 1. The molecule has 40 heavy (non-hydrogen) atoms. The number of piperidine rings is 1. The zero-order chi connectivity index (χ0) is 29.4. The van der Waals surface area contributed by atoms with Crippen LogP contribution in [0.1, 0.15) is 61.5 Å². The zero-order valence-corrected chi connectivity index (χ0v) is 23.7. The minimum atomic E-state index is -0.736. The van der Waals surface area contributed by atoms with E-state index in [0.29, 0.717) is 37.5 Å². The van der Waals surface area contributed by atoms with Crippen molar-refractivity contribution in [1.82, 2.24) is 9.80 Å². The third kappa shape index (κ3) is 5.98. The van der Waals surface area contributed by atoms with Crippen molar-refractivity contribution >= 4 is 29.1 Å². The van der Waals surface area contributed by atoms with Crippen LogP contribution in [0.3, 0.4) is 0 Å². The molecule has 1 aromatic heterocycles. The smallest absolute Gasteiger partial charge is 0.410 e. The first kappa shape index (κ1) is 28.7. The van der Waals surface area contributed by atoms with Crippen LogP contribution in [0.2, 0.25) is 0 Å². The number of rotatable bonds is 7. The van der Waals surface area contributed by atoms with E-state index in [1.807, 2.05) is 39.8 Å². The van der Waals surface area contributed by atoms with Gasteiger partial charge in [-0.2, -0.15) is 0 Å². The number of carbonyl (C=O) groups is 2. The van der Waals surface area contributed by atoms with Crippen LogP contribution in [0.5, 0.6) is 5.75 Å². The number of phenolic OH excluding ortho intramolecular Hbond substituents is 1. The lowest BCUT2D eigenvalue weighted by molar-refractivity contribution is 0.0174. The van der Waals surface area contributed by atoms with Gasteiger partial charge in [0.25, 0.3) is 16.8 Å². The molecule has 1 saturated heterocycles. The summed E-state index contributed by atoms with van der Waals surface area (Å²) < 4.78 is 11.4. The average Bonchev–Trinajstić information content (AvgIpc) is 3.33. The van der Waals surface area contributed by atoms with Gasteiger partial charge in [-0.1, -0.05) is 6.07 Å². The van der Waals surface area contributed by atoms with Crippen LogP contribution in [0.25, 0.3) is 0 Å². The van der Waals surface area contributed by atoms with Crippen molar-refractivity contribution in [3.8, 4) is 5.75 Å². The monoisotopic (exact) mass is 552 g/mol. The van der Waals surface area contributed by atoms with Crippen LogP contribution in [0.15, 0.2) is 44.3 Å². The molecule has 214 valence electrons. The molecule has 1 fully saturated rings. The van der Waals surface area contributed by atoms with E-state index in [2.05, 4.69) is 10.6 Å². The van der Waals surface area contributed by atoms with E-state index in [9.17, 15) is 24.3 Å². The summed E-state index contributed by atoms with van der Waals surface area (Å²) in [6.07, 6.45) is 0.863. The zero-order valence-electron chi connectivity index (χ0n) is 23.7. The van der Waals surface area contributed by atoms with Gasteiger partial charge in [-0.25, -0.2) is 4.79 Å². The number of furan rings is 1. The van der Waals surface area contributed by atoms with Crippen molar-refractivity contribution < 1.29 is 23.8 Å². The molecule has 0 saturated carbocycles. The Morgan fingerprint density at radius 1 is 1.07 bits per heavy atom. The number of carbonyl (C=O) groups excluding carboxylic acids is 2. The number of nitrogens with zero attached hydrogens (tertiary/aromatic N) is 2. The fourth-order valence-electron chi connectivity index (χ4n) is 4.78. The van der Waals surface area contributed by atoms with Crippen LogP contribution in [0.4, 0.5) is 21.9 Å². The highest BCUT2D eigenvalue weighted by atomic mass is 16.6. The second-order valence-corrected chi connectivity index (χ2v) is 11.3. The fraction of sp³-hybridized carbons (Fsp3) is 0.448. The second kappa shape index (κ2) is 11.1. The average molecular weight is 553 g/mol. The molecule has 1 aliphatic rings. The number of aromatic hydroxyl groups is 1. The maximum atomic E-state index is 12.7. The number of nitrogens with one attached hydrogen (secondary N) is 2. The van der Waals surface area contributed by atoms with Crippen molar-refractivity contribution in [2.45, 2.75) is 52.2 Å². The van der Waals surface area contributed by atoms with Crippen LogP contribution < -0.4 is 21.5 Å². The molecule has 0 aliphatic carbocycles. The van der Waals surface area contributed by atoms with Gasteiger partial charge in [-0.3, -0.25) is 14.4 Å². The number of ether oxygens (including phenoxy) is 1. The second-order valence-electron chi connectivity index (χ2n) is 11.3. The lowest BCUT2D eigenvalue weighted by Gasteiger charge is -2.37. The first-order chi connectivity index (χ1) is 18.8. The highest BCUT2D eigenvalue weighted by molar-refractivity contribution is 5.99. The number of anilines is 3. The molecule has 1 aliphatic heterocycles. The third-order valence-electron chi connectivity index (χ3n) is 6.87. The molecular formula is C29H36N4O7. The van der Waals surface area contributed by atoms with Gasteiger partial charge in [0.2, 0.25) is 0 Å². The highest BCUT2D eigenvalue weighted by Crippen LogP contribution is 2.37. The van der Waals surface area contributed by atoms with Gasteiger partial charge in [0.05, 0.1) is 17.3 Å². The van der Waals surface area contributed by atoms with Crippen molar-refractivity contribution in [2.24, 2.45) is 5.92 Å². The Morgan fingerprint density at radius 3 is 2.30 bits per heavy atom. The van der Waals surface area contributed by atoms with Crippen LogP contribution >= 0.6 is 0 Å². The Bertz CT molecular complexity index is 1470. The van der Waals surface area contributed by atoms with Gasteiger partial charge in [0.1, 0.15) is 28.5 Å². The molecule has 0 bridgehead atoms. The minimum absolute atomic E-state index is 0.00535. The van der Waals surface area contributed by atoms with E-state index in [0.717, 1.165) is 0 Å². The number of hydrogen-bond donors (Lipinski definition) is 3. The van der Waals surface area contributed by atoms with Crippen LogP contribution in [0, 0.1) is 12.8 Å². The van der Waals surface area contributed by atoms with Gasteiger partial charge in [-0.05, 0) is 70.7 Å². The minimum Gasteiger partial charge on any atom is -0.505 e. The maximum Gasteiger partial charge on any atom is 0.410 e. The normalized spacial score (nSPS) is 15.1. The fourth-order valence-corrected chi connectivity index (χ4v) is 4.78. The van der Waals surface area contributed by atoms with E-state index < -0.39 is 28.4 Å². The molecule has 2 amide bonds. The predicted octanol–water partition coefficient (Wildman–Crippen LogP) is 4.14. The topological polar surface area (TPSA) is 141 Å².